The van der Waals surface area contributed by atoms with Gasteiger partial charge in [-0.05, 0) is 47.9 Å². The number of hydrogen-bond donors (Lipinski definition) is 0. The number of anilines is 1. The van der Waals surface area contributed by atoms with Crippen LogP contribution in [0.2, 0.25) is 0 Å². The molecular weight excluding hydrogens is 532 g/mol. The number of ether oxygens (including phenoxy) is 1. The van der Waals surface area contributed by atoms with Gasteiger partial charge in [0.05, 0.1) is 23.5 Å². The summed E-state index contributed by atoms with van der Waals surface area (Å²) in [5.41, 5.74) is 3.57. The third-order valence-electron chi connectivity index (χ3n) is 5.80. The molecule has 0 N–H and O–H groups in total. The number of halogens is 4. The van der Waals surface area contributed by atoms with Crippen molar-refractivity contribution >= 4 is 28.8 Å². The molecule has 1 aliphatic heterocycles. The van der Waals surface area contributed by atoms with Gasteiger partial charge < -0.3 is 9.64 Å². The second-order valence-electron chi connectivity index (χ2n) is 8.83. The highest BCUT2D eigenvalue weighted by Crippen LogP contribution is 2.37. The second kappa shape index (κ2) is 10.9. The van der Waals surface area contributed by atoms with E-state index in [9.17, 15) is 17.6 Å². The maximum Gasteiger partial charge on any atom is 0.573 e. The third kappa shape index (κ3) is 6.11. The van der Waals surface area contributed by atoms with Crippen LogP contribution >= 0.6 is 11.8 Å². The van der Waals surface area contributed by atoms with Gasteiger partial charge >= 0.3 is 6.36 Å². The SMILES string of the molecule is CC(C)c1c(F)cccc1N1CSC1=NN=Cc1ccc(-c2ncn(-c3ccc(OC(F)(F)F)cc3)n2)cc1. The van der Waals surface area contributed by atoms with Crippen LogP contribution in [0.1, 0.15) is 30.9 Å². The van der Waals surface area contributed by atoms with Crippen molar-refractivity contribution in [2.75, 3.05) is 10.8 Å². The van der Waals surface area contributed by atoms with Crippen LogP contribution in [0.3, 0.4) is 0 Å². The minimum atomic E-state index is -4.75. The fraction of sp³-hybridized carbons (Fsp3) is 0.185. The normalized spacial score (nSPS) is 14.8. The Morgan fingerprint density at radius 2 is 1.77 bits per heavy atom. The Hall–Kier alpha value is -4.19. The zero-order valence-electron chi connectivity index (χ0n) is 20.8. The summed E-state index contributed by atoms with van der Waals surface area (Å²) in [6, 6.07) is 17.8. The molecule has 3 aromatic carbocycles. The number of alkyl halides is 3. The number of nitrogens with zero attached hydrogens (tertiary/aromatic N) is 6. The zero-order chi connectivity index (χ0) is 27.6. The molecule has 0 spiro atoms. The Balaban J connectivity index is 1.24. The van der Waals surface area contributed by atoms with E-state index in [0.717, 1.165) is 16.8 Å². The summed E-state index contributed by atoms with van der Waals surface area (Å²) in [5.74, 6) is 0.625. The van der Waals surface area contributed by atoms with Gasteiger partial charge in [-0.1, -0.05) is 55.9 Å². The smallest absolute Gasteiger partial charge is 0.406 e. The van der Waals surface area contributed by atoms with Gasteiger partial charge in [0.1, 0.15) is 17.9 Å². The molecule has 0 amide bonds. The van der Waals surface area contributed by atoms with E-state index in [1.54, 1.807) is 12.3 Å². The van der Waals surface area contributed by atoms with E-state index in [-0.39, 0.29) is 17.5 Å². The topological polar surface area (TPSA) is 67.9 Å². The first-order chi connectivity index (χ1) is 18.7. The minimum absolute atomic E-state index is 0.0365. The second-order valence-corrected chi connectivity index (χ2v) is 9.74. The van der Waals surface area contributed by atoms with Crippen molar-refractivity contribution in [3.63, 3.8) is 0 Å². The van der Waals surface area contributed by atoms with Gasteiger partial charge in [0.15, 0.2) is 11.0 Å². The monoisotopic (exact) mass is 554 g/mol. The van der Waals surface area contributed by atoms with Crippen molar-refractivity contribution in [2.45, 2.75) is 26.1 Å². The van der Waals surface area contributed by atoms with Crippen LogP contribution in [-0.4, -0.2) is 38.4 Å². The fourth-order valence-electron chi connectivity index (χ4n) is 3.96. The molecule has 0 bridgehead atoms. The van der Waals surface area contributed by atoms with Gasteiger partial charge in [0.2, 0.25) is 0 Å². The molecule has 2 heterocycles. The predicted molar refractivity (Wildman–Crippen MR) is 144 cm³/mol. The highest BCUT2D eigenvalue weighted by Gasteiger charge is 2.31. The molecule has 1 aliphatic rings. The van der Waals surface area contributed by atoms with E-state index >= 15 is 0 Å². The summed E-state index contributed by atoms with van der Waals surface area (Å²) in [4.78, 5) is 6.24. The molecule has 7 nitrogen and oxygen atoms in total. The van der Waals surface area contributed by atoms with Crippen molar-refractivity contribution in [3.05, 3.63) is 90.0 Å². The molecule has 0 saturated carbocycles. The lowest BCUT2D eigenvalue weighted by molar-refractivity contribution is -0.274. The van der Waals surface area contributed by atoms with E-state index in [2.05, 4.69) is 25.0 Å². The van der Waals surface area contributed by atoms with Crippen LogP contribution in [0.4, 0.5) is 23.2 Å². The van der Waals surface area contributed by atoms with Crippen LogP contribution < -0.4 is 9.64 Å². The van der Waals surface area contributed by atoms with Gasteiger partial charge in [-0.25, -0.2) is 14.1 Å². The standard InChI is InChI=1S/C27H22F4N6OS/c1-17(2)24-22(28)4-3-5-23(24)36-16-39-26(36)34-33-14-18-6-8-19(9-7-18)25-32-15-37(35-25)20-10-12-21(13-11-20)38-27(29,30)31/h3-15,17H,16H2,1-2H3. The lowest BCUT2D eigenvalue weighted by Crippen LogP contribution is -2.39. The van der Waals surface area contributed by atoms with Crippen molar-refractivity contribution in [1.82, 2.24) is 14.8 Å². The summed E-state index contributed by atoms with van der Waals surface area (Å²) in [5, 5.41) is 13.6. The maximum atomic E-state index is 14.4. The summed E-state index contributed by atoms with van der Waals surface area (Å²) in [6.45, 7) is 3.92. The van der Waals surface area contributed by atoms with Crippen molar-refractivity contribution in [1.29, 1.82) is 0 Å². The Bertz CT molecular complexity index is 1510. The molecule has 0 radical (unpaired) electrons. The number of hydrogen-bond acceptors (Lipinski definition) is 6. The third-order valence-corrected chi connectivity index (χ3v) is 6.74. The number of rotatable bonds is 7. The number of amidine groups is 1. The lowest BCUT2D eigenvalue weighted by atomic mass is 10.00. The Labute approximate surface area is 225 Å². The van der Waals surface area contributed by atoms with Gasteiger partial charge in [0, 0.05) is 11.1 Å². The van der Waals surface area contributed by atoms with Crippen LogP contribution in [0.5, 0.6) is 5.75 Å². The molecule has 5 rings (SSSR count). The molecule has 39 heavy (non-hydrogen) atoms. The minimum Gasteiger partial charge on any atom is -0.406 e. The van der Waals surface area contributed by atoms with Crippen molar-refractivity contribution in [3.8, 4) is 22.8 Å². The Morgan fingerprint density at radius 3 is 2.41 bits per heavy atom. The number of thioether (sulfide) groups is 1. The van der Waals surface area contributed by atoms with Crippen LogP contribution in [0.15, 0.2) is 83.3 Å². The zero-order valence-corrected chi connectivity index (χ0v) is 21.6. The Morgan fingerprint density at radius 1 is 1.03 bits per heavy atom. The molecule has 0 atom stereocenters. The first-order valence-corrected chi connectivity index (χ1v) is 12.8. The average Bonchev–Trinajstić information content (AvgIpc) is 3.36. The lowest BCUT2D eigenvalue weighted by Gasteiger charge is -2.35. The number of aromatic nitrogens is 3. The molecule has 1 fully saturated rings. The van der Waals surface area contributed by atoms with E-state index < -0.39 is 6.36 Å². The summed E-state index contributed by atoms with van der Waals surface area (Å²) < 4.78 is 56.8. The van der Waals surface area contributed by atoms with Gasteiger partial charge in [-0.15, -0.1) is 23.4 Å². The van der Waals surface area contributed by atoms with Crippen LogP contribution in [0, 0.1) is 5.82 Å². The average molecular weight is 555 g/mol. The van der Waals surface area contributed by atoms with Gasteiger partial charge in [0.25, 0.3) is 0 Å². The van der Waals surface area contributed by atoms with Gasteiger partial charge in [-0.2, -0.15) is 5.10 Å². The number of benzene rings is 3. The van der Waals surface area contributed by atoms with E-state index in [4.69, 9.17) is 0 Å². The van der Waals surface area contributed by atoms with Gasteiger partial charge in [-0.3, -0.25) is 0 Å². The molecular formula is C27H22F4N6OS. The highest BCUT2D eigenvalue weighted by atomic mass is 32.2. The molecule has 4 aromatic rings. The van der Waals surface area contributed by atoms with E-state index in [1.165, 1.54) is 53.1 Å². The first kappa shape index (κ1) is 26.4. The van der Waals surface area contributed by atoms with E-state index in [0.29, 0.717) is 28.1 Å². The molecule has 200 valence electrons. The highest BCUT2D eigenvalue weighted by molar-refractivity contribution is 8.16. The molecule has 0 aliphatic carbocycles. The van der Waals surface area contributed by atoms with Crippen molar-refractivity contribution in [2.24, 2.45) is 10.2 Å². The quantitative estimate of drug-likeness (QED) is 0.140. The molecule has 12 heteroatoms. The summed E-state index contributed by atoms with van der Waals surface area (Å²) in [7, 11) is 0. The first-order valence-electron chi connectivity index (χ1n) is 11.9. The largest absolute Gasteiger partial charge is 0.573 e. The summed E-state index contributed by atoms with van der Waals surface area (Å²) >= 11 is 1.54. The molecule has 0 unspecified atom stereocenters. The predicted octanol–water partition coefficient (Wildman–Crippen LogP) is 7.00. The van der Waals surface area contributed by atoms with Crippen molar-refractivity contribution < 1.29 is 22.3 Å². The fourth-order valence-corrected chi connectivity index (χ4v) is 4.67. The maximum absolute atomic E-state index is 14.4. The van der Waals surface area contributed by atoms with Crippen LogP contribution in [0.25, 0.3) is 17.1 Å². The molecule has 1 saturated heterocycles. The summed E-state index contributed by atoms with van der Waals surface area (Å²) in [6.07, 6.45) is -1.65. The van der Waals surface area contributed by atoms with E-state index in [1.807, 2.05) is 49.1 Å². The molecule has 1 aromatic heterocycles. The van der Waals surface area contributed by atoms with Crippen LogP contribution in [-0.2, 0) is 0 Å². The Kier molecular flexibility index (Phi) is 7.38.